The molecule has 0 saturated heterocycles. The largest absolute Gasteiger partial charge is 0.481 e. The van der Waals surface area contributed by atoms with Crippen molar-refractivity contribution < 1.29 is 9.53 Å². The van der Waals surface area contributed by atoms with E-state index in [1.165, 1.54) is 0 Å². The lowest BCUT2D eigenvalue weighted by Gasteiger charge is -2.13. The lowest BCUT2D eigenvalue weighted by atomic mass is 10.3. The maximum absolute atomic E-state index is 12.1. The number of likely N-dealkylation sites (N-methyl/N-ethyl adjacent to an activating group) is 1. The van der Waals surface area contributed by atoms with Gasteiger partial charge in [0.1, 0.15) is 5.75 Å². The van der Waals surface area contributed by atoms with Crippen LogP contribution in [0.15, 0.2) is 42.6 Å². The van der Waals surface area contributed by atoms with Crippen LogP contribution in [0.3, 0.4) is 0 Å². The van der Waals surface area contributed by atoms with Crippen LogP contribution in [-0.4, -0.2) is 47.3 Å². The second-order valence-corrected chi connectivity index (χ2v) is 5.33. The number of hydrogen-bond donors (Lipinski definition) is 1. The average molecular weight is 302 g/mol. The first-order valence-electron chi connectivity index (χ1n) is 7.25. The van der Waals surface area contributed by atoms with Crippen molar-refractivity contribution in [2.24, 2.45) is 0 Å². The highest BCUT2D eigenvalue weighted by Crippen LogP contribution is 2.12. The summed E-state index contributed by atoms with van der Waals surface area (Å²) in [7, 11) is 4.02. The van der Waals surface area contributed by atoms with Gasteiger partial charge in [0.25, 0.3) is 5.91 Å². The summed E-state index contributed by atoms with van der Waals surface area (Å²) in [4.78, 5) is 14.2. The van der Waals surface area contributed by atoms with Crippen LogP contribution in [-0.2, 0) is 11.3 Å². The van der Waals surface area contributed by atoms with E-state index in [0.717, 1.165) is 13.1 Å². The molecule has 0 saturated carbocycles. The summed E-state index contributed by atoms with van der Waals surface area (Å²) in [6, 6.07) is 11.1. The first-order valence-corrected chi connectivity index (χ1v) is 7.25. The highest BCUT2D eigenvalue weighted by atomic mass is 16.5. The van der Waals surface area contributed by atoms with Crippen molar-refractivity contribution >= 4 is 11.7 Å². The smallest absolute Gasteiger partial charge is 0.266 e. The van der Waals surface area contributed by atoms with Gasteiger partial charge in [-0.15, -0.1) is 0 Å². The second-order valence-electron chi connectivity index (χ2n) is 5.33. The van der Waals surface area contributed by atoms with Crippen molar-refractivity contribution in [1.82, 2.24) is 14.7 Å². The molecule has 0 fully saturated rings. The number of hydrogen-bond acceptors (Lipinski definition) is 4. The summed E-state index contributed by atoms with van der Waals surface area (Å²) in [6.45, 7) is 3.38. The van der Waals surface area contributed by atoms with Gasteiger partial charge >= 0.3 is 0 Å². The Kier molecular flexibility index (Phi) is 5.55. The van der Waals surface area contributed by atoms with Gasteiger partial charge < -0.3 is 15.0 Å². The molecule has 0 radical (unpaired) electrons. The molecule has 118 valence electrons. The zero-order valence-electron chi connectivity index (χ0n) is 13.2. The minimum Gasteiger partial charge on any atom is -0.481 e. The van der Waals surface area contributed by atoms with Crippen molar-refractivity contribution in [3.8, 4) is 5.75 Å². The van der Waals surface area contributed by atoms with E-state index in [4.69, 9.17) is 4.74 Å². The molecule has 2 rings (SSSR count). The van der Waals surface area contributed by atoms with E-state index >= 15 is 0 Å². The number of anilines is 1. The lowest BCUT2D eigenvalue weighted by molar-refractivity contribution is -0.122. The molecule has 1 aromatic heterocycles. The fourth-order valence-corrected chi connectivity index (χ4v) is 1.84. The summed E-state index contributed by atoms with van der Waals surface area (Å²) in [5.41, 5.74) is 0. The molecule has 6 nitrogen and oxygen atoms in total. The van der Waals surface area contributed by atoms with E-state index in [1.807, 2.05) is 50.6 Å². The Balaban J connectivity index is 1.86. The zero-order chi connectivity index (χ0) is 15.9. The van der Waals surface area contributed by atoms with Crippen LogP contribution in [0, 0.1) is 0 Å². The number of carbonyl (C=O) groups excluding carboxylic acids is 1. The van der Waals surface area contributed by atoms with E-state index in [2.05, 4.69) is 15.3 Å². The third kappa shape index (κ3) is 4.89. The summed E-state index contributed by atoms with van der Waals surface area (Å²) in [5.74, 6) is 0.982. The summed E-state index contributed by atoms with van der Waals surface area (Å²) in [5, 5.41) is 7.07. The molecule has 1 atom stereocenters. The molecule has 6 heteroatoms. The van der Waals surface area contributed by atoms with Crippen molar-refractivity contribution in [2.75, 3.05) is 26.0 Å². The molecule has 1 aromatic carbocycles. The number of amides is 1. The van der Waals surface area contributed by atoms with E-state index in [-0.39, 0.29) is 5.91 Å². The molecule has 1 amide bonds. The number of nitrogens with one attached hydrogen (secondary N) is 1. The number of para-hydroxylation sites is 1. The molecule has 0 bridgehead atoms. The number of benzene rings is 1. The SMILES string of the molecule is C[C@@H](Oc1ccccc1)C(=O)Nc1ccn(CCN(C)C)n1. The molecule has 0 spiro atoms. The number of rotatable bonds is 7. The third-order valence-electron chi connectivity index (χ3n) is 3.09. The Hall–Kier alpha value is -2.34. The minimum absolute atomic E-state index is 0.221. The van der Waals surface area contributed by atoms with Gasteiger partial charge in [0.15, 0.2) is 11.9 Å². The number of nitrogens with zero attached hydrogens (tertiary/aromatic N) is 3. The Morgan fingerprint density at radius 3 is 2.73 bits per heavy atom. The van der Waals surface area contributed by atoms with Gasteiger partial charge in [0, 0.05) is 18.8 Å². The quantitative estimate of drug-likeness (QED) is 0.848. The predicted octanol–water partition coefficient (Wildman–Crippen LogP) is 1.85. The molecule has 22 heavy (non-hydrogen) atoms. The van der Waals surface area contributed by atoms with Crippen LogP contribution in [0.5, 0.6) is 5.75 Å². The Labute approximate surface area is 130 Å². The Morgan fingerprint density at radius 2 is 2.05 bits per heavy atom. The fraction of sp³-hybridized carbons (Fsp3) is 0.375. The van der Waals surface area contributed by atoms with Gasteiger partial charge in [0.2, 0.25) is 0 Å². The summed E-state index contributed by atoms with van der Waals surface area (Å²) in [6.07, 6.45) is 1.26. The summed E-state index contributed by atoms with van der Waals surface area (Å²) < 4.78 is 7.38. The topological polar surface area (TPSA) is 59.4 Å². The van der Waals surface area contributed by atoms with Crippen molar-refractivity contribution in [3.63, 3.8) is 0 Å². The van der Waals surface area contributed by atoms with Crippen LogP contribution >= 0.6 is 0 Å². The van der Waals surface area contributed by atoms with E-state index in [9.17, 15) is 4.79 Å². The first kappa shape index (κ1) is 16.0. The lowest BCUT2D eigenvalue weighted by Crippen LogP contribution is -2.30. The van der Waals surface area contributed by atoms with Crippen molar-refractivity contribution in [2.45, 2.75) is 19.6 Å². The van der Waals surface area contributed by atoms with Crippen LogP contribution in [0.1, 0.15) is 6.92 Å². The van der Waals surface area contributed by atoms with Crippen LogP contribution < -0.4 is 10.1 Å². The van der Waals surface area contributed by atoms with Crippen LogP contribution in [0.2, 0.25) is 0 Å². The fourth-order valence-electron chi connectivity index (χ4n) is 1.84. The molecular weight excluding hydrogens is 280 g/mol. The van der Waals surface area contributed by atoms with Gasteiger partial charge in [-0.2, -0.15) is 5.10 Å². The van der Waals surface area contributed by atoms with E-state index < -0.39 is 6.10 Å². The minimum atomic E-state index is -0.589. The van der Waals surface area contributed by atoms with Gasteiger partial charge in [-0.05, 0) is 33.2 Å². The Bertz CT molecular complexity index is 595. The van der Waals surface area contributed by atoms with Crippen molar-refractivity contribution in [1.29, 1.82) is 0 Å². The predicted molar refractivity (Wildman–Crippen MR) is 85.9 cm³/mol. The zero-order valence-corrected chi connectivity index (χ0v) is 13.2. The van der Waals surface area contributed by atoms with E-state index in [1.54, 1.807) is 17.7 Å². The van der Waals surface area contributed by atoms with Gasteiger partial charge in [-0.1, -0.05) is 18.2 Å². The Morgan fingerprint density at radius 1 is 1.32 bits per heavy atom. The monoisotopic (exact) mass is 302 g/mol. The maximum atomic E-state index is 12.1. The third-order valence-corrected chi connectivity index (χ3v) is 3.09. The van der Waals surface area contributed by atoms with Crippen molar-refractivity contribution in [3.05, 3.63) is 42.6 Å². The molecule has 0 aliphatic carbocycles. The van der Waals surface area contributed by atoms with E-state index in [0.29, 0.717) is 11.6 Å². The van der Waals surface area contributed by atoms with Crippen LogP contribution in [0.25, 0.3) is 0 Å². The molecule has 1 heterocycles. The number of aromatic nitrogens is 2. The number of carbonyl (C=O) groups is 1. The average Bonchev–Trinajstić information content (AvgIpc) is 2.93. The highest BCUT2D eigenvalue weighted by Gasteiger charge is 2.15. The molecule has 0 aliphatic heterocycles. The normalized spacial score (nSPS) is 12.2. The molecule has 0 aliphatic rings. The second kappa shape index (κ2) is 7.61. The number of ether oxygens (including phenoxy) is 1. The highest BCUT2D eigenvalue weighted by molar-refractivity contribution is 5.93. The van der Waals surface area contributed by atoms with Gasteiger partial charge in [-0.25, -0.2) is 0 Å². The van der Waals surface area contributed by atoms with Gasteiger partial charge in [0.05, 0.1) is 6.54 Å². The molecule has 1 N–H and O–H groups in total. The molecule has 0 unspecified atom stereocenters. The van der Waals surface area contributed by atoms with Crippen LogP contribution in [0.4, 0.5) is 5.82 Å². The molecule has 2 aromatic rings. The maximum Gasteiger partial charge on any atom is 0.266 e. The molecular formula is C16H22N4O2. The van der Waals surface area contributed by atoms with Gasteiger partial charge in [-0.3, -0.25) is 9.48 Å². The standard InChI is InChI=1S/C16H22N4O2/c1-13(22-14-7-5-4-6-8-14)16(21)17-15-9-10-20(18-15)12-11-19(2)3/h4-10,13H,11-12H2,1-3H3,(H,17,18,21)/t13-/m1/s1. The summed E-state index contributed by atoms with van der Waals surface area (Å²) >= 11 is 0. The first-order chi connectivity index (χ1) is 10.5.